The van der Waals surface area contributed by atoms with Crippen molar-refractivity contribution >= 4 is 75.1 Å². The van der Waals surface area contributed by atoms with Crippen LogP contribution in [0.5, 0.6) is 0 Å². The molecule has 2 N–H and O–H groups in total. The van der Waals surface area contributed by atoms with Gasteiger partial charge in [0.25, 0.3) is 5.91 Å². The van der Waals surface area contributed by atoms with Crippen LogP contribution in [0.25, 0.3) is 0 Å². The Morgan fingerprint density at radius 3 is 2.58 bits per heavy atom. The number of hydrogen-bond donors (Lipinski definition) is 2. The summed E-state index contributed by atoms with van der Waals surface area (Å²) in [6, 6.07) is -0.684. The summed E-state index contributed by atoms with van der Waals surface area (Å²) in [6.45, 7) is 0. The van der Waals surface area contributed by atoms with Crippen LogP contribution in [0, 0.1) is 0 Å². The maximum atomic E-state index is 10.9. The first-order chi connectivity index (χ1) is 5.24. The van der Waals surface area contributed by atoms with Crippen LogP contribution in [0.2, 0.25) is 0 Å². The Morgan fingerprint density at radius 2 is 2.17 bits per heavy atom. The standard InChI is InChI=1S/C6H10N2O2S.K.H/c1-11-3-2-4-5(9)8-6(10)7-4;;/h4H,2-3H2,1H3,(H2,7,8,9,10);;. The molecule has 0 saturated carbocycles. The Bertz CT molecular complexity index is 188. The van der Waals surface area contributed by atoms with Gasteiger partial charge >= 0.3 is 57.4 Å². The summed E-state index contributed by atoms with van der Waals surface area (Å²) in [7, 11) is 0. The van der Waals surface area contributed by atoms with Crippen molar-refractivity contribution in [3.63, 3.8) is 0 Å². The van der Waals surface area contributed by atoms with Gasteiger partial charge in [-0.05, 0) is 18.4 Å². The molecule has 1 saturated heterocycles. The molecule has 6 heteroatoms. The molecule has 1 aliphatic rings. The molecule has 1 heterocycles. The minimum atomic E-state index is -0.374. The topological polar surface area (TPSA) is 58.2 Å². The quantitative estimate of drug-likeness (QED) is 0.482. The predicted molar refractivity (Wildman–Crippen MR) is 50.6 cm³/mol. The Labute approximate surface area is 118 Å². The van der Waals surface area contributed by atoms with Gasteiger partial charge in [0, 0.05) is 0 Å². The number of thioether (sulfide) groups is 1. The van der Waals surface area contributed by atoms with E-state index in [1.54, 1.807) is 11.8 Å². The molecule has 64 valence electrons. The third-order valence-corrected chi connectivity index (χ3v) is 2.11. The number of amides is 3. The van der Waals surface area contributed by atoms with Crippen molar-refractivity contribution in [2.45, 2.75) is 12.5 Å². The van der Waals surface area contributed by atoms with Crippen molar-refractivity contribution in [2.24, 2.45) is 0 Å². The van der Waals surface area contributed by atoms with Crippen LogP contribution in [0.1, 0.15) is 6.42 Å². The average Bonchev–Trinajstić information content (AvgIpc) is 2.26. The molecule has 4 nitrogen and oxygen atoms in total. The van der Waals surface area contributed by atoms with Gasteiger partial charge in [-0.25, -0.2) is 4.79 Å². The fraction of sp³-hybridized carbons (Fsp3) is 0.667. The average molecular weight is 214 g/mol. The molecule has 0 bridgehead atoms. The molecule has 1 atom stereocenters. The van der Waals surface area contributed by atoms with Crippen LogP contribution >= 0.6 is 11.8 Å². The van der Waals surface area contributed by atoms with E-state index in [2.05, 4.69) is 10.6 Å². The van der Waals surface area contributed by atoms with Crippen molar-refractivity contribution < 1.29 is 9.59 Å². The number of urea groups is 1. The van der Waals surface area contributed by atoms with Gasteiger partial charge in [0.1, 0.15) is 6.04 Å². The van der Waals surface area contributed by atoms with Crippen molar-refractivity contribution in [2.75, 3.05) is 12.0 Å². The van der Waals surface area contributed by atoms with Crippen LogP contribution in [-0.2, 0) is 4.79 Å². The second-order valence-electron chi connectivity index (χ2n) is 2.30. The zero-order valence-electron chi connectivity index (χ0n) is 6.22. The fourth-order valence-corrected chi connectivity index (χ4v) is 1.37. The van der Waals surface area contributed by atoms with E-state index in [-0.39, 0.29) is 69.4 Å². The third kappa shape index (κ3) is 3.76. The van der Waals surface area contributed by atoms with E-state index in [4.69, 9.17) is 0 Å². The summed E-state index contributed by atoms with van der Waals surface area (Å²) in [4.78, 5) is 21.5. The summed E-state index contributed by atoms with van der Waals surface area (Å²) in [5, 5.41) is 4.70. The van der Waals surface area contributed by atoms with Crippen molar-refractivity contribution in [3.8, 4) is 0 Å². The summed E-state index contributed by atoms with van der Waals surface area (Å²) < 4.78 is 0. The zero-order chi connectivity index (χ0) is 8.27. The number of rotatable bonds is 3. The van der Waals surface area contributed by atoms with Crippen LogP contribution in [-0.4, -0.2) is 81.4 Å². The first kappa shape index (κ1) is 12.9. The second-order valence-corrected chi connectivity index (χ2v) is 3.28. The molecule has 3 amide bonds. The number of imide groups is 1. The molecule has 0 spiro atoms. The Morgan fingerprint density at radius 1 is 1.50 bits per heavy atom. The van der Waals surface area contributed by atoms with Gasteiger partial charge in [-0.15, -0.1) is 0 Å². The van der Waals surface area contributed by atoms with E-state index in [0.717, 1.165) is 5.75 Å². The van der Waals surface area contributed by atoms with E-state index in [9.17, 15) is 9.59 Å². The van der Waals surface area contributed by atoms with Crippen molar-refractivity contribution in [1.29, 1.82) is 0 Å². The number of carbonyl (C=O) groups is 2. The van der Waals surface area contributed by atoms with Crippen LogP contribution in [0.15, 0.2) is 0 Å². The van der Waals surface area contributed by atoms with Crippen LogP contribution in [0.3, 0.4) is 0 Å². The van der Waals surface area contributed by atoms with Gasteiger partial charge in [-0.1, -0.05) is 0 Å². The molecule has 0 aliphatic carbocycles. The molecule has 1 unspecified atom stereocenters. The molecule has 1 fully saturated rings. The third-order valence-electron chi connectivity index (χ3n) is 1.47. The summed E-state index contributed by atoms with van der Waals surface area (Å²) in [6.07, 6.45) is 2.67. The molecule has 1 aliphatic heterocycles. The molecular formula is C6H11KN2O2S. The fourth-order valence-electron chi connectivity index (χ4n) is 0.898. The van der Waals surface area contributed by atoms with E-state index >= 15 is 0 Å². The Kier molecular flexibility index (Phi) is 6.88. The zero-order valence-corrected chi connectivity index (χ0v) is 7.03. The molecule has 0 aromatic carbocycles. The predicted octanol–water partition coefficient (Wildman–Crippen LogP) is -0.701. The first-order valence-electron chi connectivity index (χ1n) is 3.34. The number of carbonyl (C=O) groups excluding carboxylic acids is 2. The van der Waals surface area contributed by atoms with E-state index in [1.807, 2.05) is 6.26 Å². The second kappa shape index (κ2) is 6.39. The molecule has 0 aromatic rings. The molecular weight excluding hydrogens is 203 g/mol. The van der Waals surface area contributed by atoms with Crippen LogP contribution < -0.4 is 10.6 Å². The SMILES string of the molecule is CSCCC1NC(=O)NC1=O.[KH]. The van der Waals surface area contributed by atoms with Gasteiger partial charge in [-0.2, -0.15) is 11.8 Å². The summed E-state index contributed by atoms with van der Waals surface area (Å²) in [5.41, 5.74) is 0. The Hall–Kier alpha value is 0.926. The molecule has 0 radical (unpaired) electrons. The van der Waals surface area contributed by atoms with Gasteiger partial charge in [-0.3, -0.25) is 10.1 Å². The minimum absolute atomic E-state index is 0. The van der Waals surface area contributed by atoms with Gasteiger partial charge in [0.2, 0.25) is 0 Å². The summed E-state index contributed by atoms with van der Waals surface area (Å²) in [5.74, 6) is 0.683. The number of hydrogen-bond acceptors (Lipinski definition) is 3. The van der Waals surface area contributed by atoms with E-state index in [1.165, 1.54) is 0 Å². The molecule has 12 heavy (non-hydrogen) atoms. The first-order valence-corrected chi connectivity index (χ1v) is 4.73. The van der Waals surface area contributed by atoms with Gasteiger partial charge in [0.15, 0.2) is 0 Å². The summed E-state index contributed by atoms with van der Waals surface area (Å²) >= 11 is 1.66. The van der Waals surface area contributed by atoms with Crippen molar-refractivity contribution in [1.82, 2.24) is 10.6 Å². The Balaban J connectivity index is 0.00000121. The monoisotopic (exact) mass is 214 g/mol. The number of nitrogens with one attached hydrogen (secondary N) is 2. The van der Waals surface area contributed by atoms with Crippen molar-refractivity contribution in [3.05, 3.63) is 0 Å². The molecule has 1 rings (SSSR count). The van der Waals surface area contributed by atoms with E-state index in [0.29, 0.717) is 6.42 Å². The van der Waals surface area contributed by atoms with Crippen LogP contribution in [0.4, 0.5) is 4.79 Å². The normalized spacial score (nSPS) is 21.2. The molecule has 0 aromatic heterocycles. The van der Waals surface area contributed by atoms with Gasteiger partial charge < -0.3 is 5.32 Å². The van der Waals surface area contributed by atoms with E-state index < -0.39 is 0 Å². The van der Waals surface area contributed by atoms with Gasteiger partial charge in [0.05, 0.1) is 0 Å². The maximum absolute atomic E-state index is 10.9.